The molecule has 1 unspecified atom stereocenters. The molecular weight excluding hydrogens is 340 g/mol. The van der Waals surface area contributed by atoms with Crippen LogP contribution in [-0.4, -0.2) is 24.0 Å². The van der Waals surface area contributed by atoms with E-state index in [1.54, 1.807) is 0 Å². The number of anilines is 1. The molecule has 1 heterocycles. The van der Waals surface area contributed by atoms with Gasteiger partial charge in [0.25, 0.3) is 5.91 Å². The molecule has 0 saturated heterocycles. The highest BCUT2D eigenvalue weighted by Gasteiger charge is 2.17. The van der Waals surface area contributed by atoms with Crippen LogP contribution in [0.5, 0.6) is 0 Å². The van der Waals surface area contributed by atoms with Gasteiger partial charge in [-0.3, -0.25) is 4.79 Å². The predicted octanol–water partition coefficient (Wildman–Crippen LogP) is 3.72. The molecule has 0 fully saturated rings. The molecule has 1 aromatic heterocycles. The second kappa shape index (κ2) is 8.68. The number of hydrogen-bond acceptors (Lipinski definition) is 5. The van der Waals surface area contributed by atoms with Gasteiger partial charge in [-0.25, -0.2) is 4.98 Å². The third-order valence-electron chi connectivity index (χ3n) is 4.31. The monoisotopic (exact) mass is 366 g/mol. The Bertz CT molecular complexity index is 899. The number of nitrogens with one attached hydrogen (secondary N) is 2. The molecule has 0 saturated carbocycles. The van der Waals surface area contributed by atoms with Crippen LogP contribution in [0.25, 0.3) is 10.8 Å². The third-order valence-corrected chi connectivity index (χ3v) is 4.31. The van der Waals surface area contributed by atoms with Gasteiger partial charge in [0.1, 0.15) is 6.26 Å². The molecular formula is C21H26N4O2. The van der Waals surface area contributed by atoms with Crippen molar-refractivity contribution in [1.82, 2.24) is 10.3 Å². The summed E-state index contributed by atoms with van der Waals surface area (Å²) < 4.78 is 5.36. The number of benzene rings is 2. The first-order valence-corrected chi connectivity index (χ1v) is 9.25. The fourth-order valence-electron chi connectivity index (χ4n) is 3.01. The number of carbonyl (C=O) groups is 1. The number of carbonyl (C=O) groups excluding carboxylic acids is 1. The fourth-order valence-corrected chi connectivity index (χ4v) is 3.01. The van der Waals surface area contributed by atoms with Crippen molar-refractivity contribution in [3.63, 3.8) is 0 Å². The van der Waals surface area contributed by atoms with Crippen LogP contribution in [0.2, 0.25) is 0 Å². The van der Waals surface area contributed by atoms with Crippen LogP contribution < -0.4 is 16.4 Å². The molecule has 3 aromatic rings. The van der Waals surface area contributed by atoms with E-state index in [1.165, 1.54) is 11.6 Å². The van der Waals surface area contributed by atoms with Crippen molar-refractivity contribution in [2.24, 2.45) is 11.7 Å². The maximum absolute atomic E-state index is 12.2. The van der Waals surface area contributed by atoms with Crippen molar-refractivity contribution >= 4 is 22.4 Å². The average Bonchev–Trinajstić information content (AvgIpc) is 3.15. The van der Waals surface area contributed by atoms with E-state index in [0.717, 1.165) is 17.5 Å². The summed E-state index contributed by atoms with van der Waals surface area (Å²) in [7, 11) is 0. The van der Waals surface area contributed by atoms with E-state index in [-0.39, 0.29) is 17.6 Å². The molecule has 142 valence electrons. The van der Waals surface area contributed by atoms with E-state index < -0.39 is 0 Å². The number of rotatable bonds is 8. The Morgan fingerprint density at radius 3 is 2.74 bits per heavy atom. The van der Waals surface area contributed by atoms with Crippen LogP contribution in [0.4, 0.5) is 5.69 Å². The van der Waals surface area contributed by atoms with Crippen molar-refractivity contribution in [2.45, 2.75) is 26.3 Å². The number of amides is 1. The summed E-state index contributed by atoms with van der Waals surface area (Å²) in [5, 5.41) is 8.55. The van der Waals surface area contributed by atoms with E-state index in [1.807, 2.05) is 24.3 Å². The SMILES string of the molecule is CC(C)CC(N)c1nc(C(=O)NCCNc2cccc3ccccc23)co1. The van der Waals surface area contributed by atoms with Crippen LogP contribution in [0.15, 0.2) is 53.1 Å². The summed E-state index contributed by atoms with van der Waals surface area (Å²) in [5.41, 5.74) is 7.35. The van der Waals surface area contributed by atoms with Crippen LogP contribution >= 0.6 is 0 Å². The highest BCUT2D eigenvalue weighted by molar-refractivity contribution is 5.94. The Morgan fingerprint density at radius 2 is 1.93 bits per heavy atom. The molecule has 1 amide bonds. The molecule has 0 spiro atoms. The van der Waals surface area contributed by atoms with Gasteiger partial charge in [-0.2, -0.15) is 0 Å². The first-order valence-electron chi connectivity index (χ1n) is 9.25. The van der Waals surface area contributed by atoms with Crippen LogP contribution in [0, 0.1) is 5.92 Å². The van der Waals surface area contributed by atoms with Gasteiger partial charge in [0, 0.05) is 24.2 Å². The lowest BCUT2D eigenvalue weighted by Crippen LogP contribution is -2.29. The van der Waals surface area contributed by atoms with Gasteiger partial charge < -0.3 is 20.8 Å². The molecule has 0 aliphatic rings. The van der Waals surface area contributed by atoms with Crippen LogP contribution in [0.3, 0.4) is 0 Å². The number of nitrogens with two attached hydrogens (primary N) is 1. The second-order valence-corrected chi connectivity index (χ2v) is 7.02. The first kappa shape index (κ1) is 18.9. The Labute approximate surface area is 159 Å². The number of nitrogens with zero attached hydrogens (tertiary/aromatic N) is 1. The normalized spacial score (nSPS) is 12.3. The third kappa shape index (κ3) is 4.86. The van der Waals surface area contributed by atoms with Crippen molar-refractivity contribution in [3.05, 3.63) is 60.3 Å². The topological polar surface area (TPSA) is 93.2 Å². The summed E-state index contributed by atoms with van der Waals surface area (Å²) in [4.78, 5) is 16.4. The van der Waals surface area contributed by atoms with Crippen molar-refractivity contribution < 1.29 is 9.21 Å². The van der Waals surface area contributed by atoms with Gasteiger partial charge in [0.05, 0.1) is 6.04 Å². The minimum absolute atomic E-state index is 0.259. The van der Waals surface area contributed by atoms with E-state index in [0.29, 0.717) is 24.9 Å². The molecule has 0 bridgehead atoms. The zero-order valence-electron chi connectivity index (χ0n) is 15.7. The molecule has 1 atom stereocenters. The summed E-state index contributed by atoms with van der Waals surface area (Å²) in [6, 6.07) is 14.0. The minimum Gasteiger partial charge on any atom is -0.446 e. The quantitative estimate of drug-likeness (QED) is 0.528. The average molecular weight is 366 g/mol. The van der Waals surface area contributed by atoms with Gasteiger partial charge in [-0.05, 0) is 23.8 Å². The summed E-state index contributed by atoms with van der Waals surface area (Å²) in [6.45, 7) is 5.25. The number of oxazole rings is 1. The maximum atomic E-state index is 12.2. The van der Waals surface area contributed by atoms with Crippen molar-refractivity contribution in [1.29, 1.82) is 0 Å². The van der Waals surface area contributed by atoms with Crippen molar-refractivity contribution in [3.8, 4) is 0 Å². The molecule has 4 N–H and O–H groups in total. The highest BCUT2D eigenvalue weighted by atomic mass is 16.3. The summed E-state index contributed by atoms with van der Waals surface area (Å²) in [5.74, 6) is 0.577. The smallest absolute Gasteiger partial charge is 0.273 e. The molecule has 3 rings (SSSR count). The Morgan fingerprint density at radius 1 is 1.15 bits per heavy atom. The Hall–Kier alpha value is -2.86. The zero-order valence-corrected chi connectivity index (χ0v) is 15.7. The summed E-state index contributed by atoms with van der Waals surface area (Å²) >= 11 is 0. The van der Waals surface area contributed by atoms with Crippen molar-refractivity contribution in [2.75, 3.05) is 18.4 Å². The van der Waals surface area contributed by atoms with Crippen LogP contribution in [-0.2, 0) is 0 Å². The standard InChI is InChI=1S/C21H26N4O2/c1-14(2)12-17(22)21-25-19(13-27-21)20(26)24-11-10-23-18-9-5-7-15-6-3-4-8-16(15)18/h3-9,13-14,17,23H,10-12,22H2,1-2H3,(H,24,26). The predicted molar refractivity (Wildman–Crippen MR) is 108 cm³/mol. The van der Waals surface area contributed by atoms with Gasteiger partial charge >= 0.3 is 0 Å². The highest BCUT2D eigenvalue weighted by Crippen LogP contribution is 2.22. The number of fused-ring (bicyclic) bond motifs is 1. The largest absolute Gasteiger partial charge is 0.446 e. The van der Waals surface area contributed by atoms with E-state index >= 15 is 0 Å². The fraction of sp³-hybridized carbons (Fsp3) is 0.333. The van der Waals surface area contributed by atoms with Gasteiger partial charge in [-0.15, -0.1) is 0 Å². The Kier molecular flexibility index (Phi) is 6.08. The van der Waals surface area contributed by atoms with Gasteiger partial charge in [0.2, 0.25) is 5.89 Å². The molecule has 6 heteroatoms. The first-order chi connectivity index (χ1) is 13.0. The lowest BCUT2D eigenvalue weighted by Gasteiger charge is -2.10. The van der Waals surface area contributed by atoms with Gasteiger partial charge in [0.15, 0.2) is 5.69 Å². The molecule has 0 aliphatic carbocycles. The van der Waals surface area contributed by atoms with Crippen LogP contribution in [0.1, 0.15) is 42.7 Å². The van der Waals surface area contributed by atoms with E-state index in [2.05, 4.69) is 47.7 Å². The maximum Gasteiger partial charge on any atom is 0.273 e. The summed E-state index contributed by atoms with van der Waals surface area (Å²) in [6.07, 6.45) is 2.12. The molecule has 6 nitrogen and oxygen atoms in total. The van der Waals surface area contributed by atoms with E-state index in [9.17, 15) is 4.79 Å². The number of aromatic nitrogens is 1. The molecule has 0 aliphatic heterocycles. The second-order valence-electron chi connectivity index (χ2n) is 7.02. The zero-order chi connectivity index (χ0) is 19.2. The minimum atomic E-state index is -0.292. The molecule has 27 heavy (non-hydrogen) atoms. The molecule has 0 radical (unpaired) electrons. The lowest BCUT2D eigenvalue weighted by molar-refractivity contribution is 0.0950. The number of hydrogen-bond donors (Lipinski definition) is 3. The Balaban J connectivity index is 1.50. The van der Waals surface area contributed by atoms with Gasteiger partial charge in [-0.1, -0.05) is 50.2 Å². The molecule has 2 aromatic carbocycles. The van der Waals surface area contributed by atoms with E-state index in [4.69, 9.17) is 10.2 Å². The lowest BCUT2D eigenvalue weighted by atomic mass is 10.0.